The Bertz CT molecular complexity index is 1270. The van der Waals surface area contributed by atoms with Gasteiger partial charge in [0.1, 0.15) is 4.83 Å². The van der Waals surface area contributed by atoms with E-state index in [2.05, 4.69) is 15.3 Å². The monoisotopic (exact) mass is 475 g/mol. The van der Waals surface area contributed by atoms with E-state index in [1.54, 1.807) is 25.1 Å². The molecule has 2 aromatic carbocycles. The predicted molar refractivity (Wildman–Crippen MR) is 126 cm³/mol. The van der Waals surface area contributed by atoms with Crippen molar-refractivity contribution < 1.29 is 4.79 Å². The van der Waals surface area contributed by atoms with Crippen molar-refractivity contribution in [2.45, 2.75) is 17.3 Å². The maximum absolute atomic E-state index is 12.7. The minimum atomic E-state index is -0.503. The number of rotatable bonds is 5. The number of benzene rings is 2. The molecule has 0 unspecified atom stereocenters. The van der Waals surface area contributed by atoms with Crippen LogP contribution in [0.4, 0.5) is 5.69 Å². The summed E-state index contributed by atoms with van der Waals surface area (Å²) in [6.45, 7) is 1.74. The fraction of sp³-hybridized carbons (Fsp3) is 0.0952. The summed E-state index contributed by atoms with van der Waals surface area (Å²) in [5.41, 5.74) is 2.10. The van der Waals surface area contributed by atoms with Crippen LogP contribution in [-0.2, 0) is 4.79 Å². The van der Waals surface area contributed by atoms with Gasteiger partial charge in [-0.3, -0.25) is 9.59 Å². The summed E-state index contributed by atoms with van der Waals surface area (Å²) >= 11 is 14.5. The van der Waals surface area contributed by atoms with Crippen molar-refractivity contribution in [2.24, 2.45) is 0 Å². The van der Waals surface area contributed by atoms with E-state index in [0.29, 0.717) is 31.1 Å². The number of H-pyrrole nitrogens is 1. The summed E-state index contributed by atoms with van der Waals surface area (Å²) in [6.07, 6.45) is 0. The zero-order chi connectivity index (χ0) is 21.3. The normalized spacial score (nSPS) is 12.1. The topological polar surface area (TPSA) is 74.8 Å². The summed E-state index contributed by atoms with van der Waals surface area (Å²) in [6, 6.07) is 14.5. The van der Waals surface area contributed by atoms with Crippen LogP contribution in [-0.4, -0.2) is 21.1 Å². The van der Waals surface area contributed by atoms with Crippen molar-refractivity contribution in [3.05, 3.63) is 74.3 Å². The van der Waals surface area contributed by atoms with Gasteiger partial charge in [0.05, 0.1) is 10.6 Å². The number of thiophene rings is 1. The van der Waals surface area contributed by atoms with Crippen molar-refractivity contribution in [2.75, 3.05) is 5.32 Å². The highest BCUT2D eigenvalue weighted by Gasteiger charge is 2.19. The van der Waals surface area contributed by atoms with Crippen molar-refractivity contribution >= 4 is 68.1 Å². The first kappa shape index (κ1) is 20.9. The van der Waals surface area contributed by atoms with Crippen LogP contribution in [0.5, 0.6) is 0 Å². The lowest BCUT2D eigenvalue weighted by atomic mass is 10.1. The fourth-order valence-electron chi connectivity index (χ4n) is 2.91. The Kier molecular flexibility index (Phi) is 6.15. The summed E-state index contributed by atoms with van der Waals surface area (Å²) in [5, 5.41) is 6.01. The van der Waals surface area contributed by atoms with E-state index in [4.69, 9.17) is 23.2 Å². The molecule has 0 bridgehead atoms. The molecule has 30 heavy (non-hydrogen) atoms. The van der Waals surface area contributed by atoms with Gasteiger partial charge in [0.25, 0.3) is 5.56 Å². The van der Waals surface area contributed by atoms with Crippen molar-refractivity contribution in [3.63, 3.8) is 0 Å². The molecule has 2 heterocycles. The Morgan fingerprint density at radius 1 is 1.17 bits per heavy atom. The number of anilines is 1. The maximum atomic E-state index is 12.7. The average molecular weight is 476 g/mol. The zero-order valence-corrected chi connectivity index (χ0v) is 18.8. The third-order valence-electron chi connectivity index (χ3n) is 4.29. The molecule has 0 radical (unpaired) electrons. The van der Waals surface area contributed by atoms with Crippen LogP contribution in [0.25, 0.3) is 21.3 Å². The molecule has 9 heteroatoms. The van der Waals surface area contributed by atoms with Gasteiger partial charge in [0.2, 0.25) is 5.91 Å². The Balaban J connectivity index is 1.55. The highest BCUT2D eigenvalue weighted by atomic mass is 35.5. The van der Waals surface area contributed by atoms with Crippen LogP contribution in [0.15, 0.2) is 63.9 Å². The molecule has 2 aromatic heterocycles. The van der Waals surface area contributed by atoms with Gasteiger partial charge in [0, 0.05) is 26.7 Å². The Morgan fingerprint density at radius 2 is 1.87 bits per heavy atom. The lowest BCUT2D eigenvalue weighted by Gasteiger charge is -2.12. The quantitative estimate of drug-likeness (QED) is 0.271. The number of thioether (sulfide) groups is 1. The van der Waals surface area contributed by atoms with Crippen LogP contribution in [0.1, 0.15) is 6.92 Å². The van der Waals surface area contributed by atoms with Crippen LogP contribution in [0, 0.1) is 0 Å². The molecule has 152 valence electrons. The molecule has 4 aromatic rings. The van der Waals surface area contributed by atoms with Gasteiger partial charge >= 0.3 is 0 Å². The van der Waals surface area contributed by atoms with E-state index < -0.39 is 5.25 Å². The van der Waals surface area contributed by atoms with Crippen molar-refractivity contribution in [1.82, 2.24) is 9.97 Å². The second-order valence-corrected chi connectivity index (χ2v) is 9.53. The van der Waals surface area contributed by atoms with Gasteiger partial charge in [-0.15, -0.1) is 11.3 Å². The average Bonchev–Trinajstić information content (AvgIpc) is 3.12. The first-order valence-corrected chi connectivity index (χ1v) is 11.4. The number of carbonyl (C=O) groups excluding carboxylic acids is 1. The van der Waals surface area contributed by atoms with E-state index >= 15 is 0 Å². The minimum Gasteiger partial charge on any atom is -0.325 e. The van der Waals surface area contributed by atoms with Gasteiger partial charge in [0.15, 0.2) is 5.16 Å². The van der Waals surface area contributed by atoms with Gasteiger partial charge in [-0.2, -0.15) is 0 Å². The van der Waals surface area contributed by atoms with E-state index in [9.17, 15) is 9.59 Å². The van der Waals surface area contributed by atoms with Crippen molar-refractivity contribution in [3.8, 4) is 11.1 Å². The molecular formula is C21H15Cl2N3O2S2. The number of amides is 1. The molecule has 0 saturated heterocycles. The maximum Gasteiger partial charge on any atom is 0.260 e. The number of aromatic nitrogens is 2. The molecule has 4 rings (SSSR count). The molecule has 1 amide bonds. The number of hydrogen-bond donors (Lipinski definition) is 2. The summed E-state index contributed by atoms with van der Waals surface area (Å²) in [5.74, 6) is -0.253. The molecule has 5 nitrogen and oxygen atoms in total. The number of nitrogens with one attached hydrogen (secondary N) is 2. The third kappa shape index (κ3) is 4.54. The number of aromatic amines is 1. The Labute approximate surface area is 190 Å². The molecule has 0 aliphatic carbocycles. The Morgan fingerprint density at radius 3 is 2.57 bits per heavy atom. The summed E-state index contributed by atoms with van der Waals surface area (Å²) < 4.78 is 0. The third-order valence-corrected chi connectivity index (χ3v) is 6.59. The predicted octanol–water partition coefficient (Wildman–Crippen LogP) is 6.08. The van der Waals surface area contributed by atoms with Gasteiger partial charge in [-0.25, -0.2) is 4.98 Å². The van der Waals surface area contributed by atoms with Crippen LogP contribution in [0.3, 0.4) is 0 Å². The molecule has 0 fully saturated rings. The lowest BCUT2D eigenvalue weighted by Crippen LogP contribution is -2.23. The highest BCUT2D eigenvalue weighted by Crippen LogP contribution is 2.32. The first-order valence-electron chi connectivity index (χ1n) is 8.91. The van der Waals surface area contributed by atoms with Crippen molar-refractivity contribution in [1.29, 1.82) is 0 Å². The standard InChI is InChI=1S/C21H15Cl2N3O2S2/c1-11(18(27)24-15-8-13(22)7-14(23)9-15)30-21-25-19(28)17-16(10-29-20(17)26-21)12-5-3-2-4-6-12/h2-11H,1H3,(H,24,27)(H,25,26,28)/t11-/m0/s1. The van der Waals surface area contributed by atoms with E-state index in [1.165, 1.54) is 23.1 Å². The molecular weight excluding hydrogens is 461 g/mol. The van der Waals surface area contributed by atoms with E-state index in [-0.39, 0.29) is 11.5 Å². The summed E-state index contributed by atoms with van der Waals surface area (Å²) in [7, 11) is 0. The number of fused-ring (bicyclic) bond motifs is 1. The zero-order valence-electron chi connectivity index (χ0n) is 15.6. The highest BCUT2D eigenvalue weighted by molar-refractivity contribution is 8.00. The van der Waals surface area contributed by atoms with Gasteiger partial charge in [-0.1, -0.05) is 65.3 Å². The van der Waals surface area contributed by atoms with E-state index in [1.807, 2.05) is 35.7 Å². The number of halogens is 2. The number of hydrogen-bond acceptors (Lipinski definition) is 5. The van der Waals surface area contributed by atoms with Gasteiger partial charge < -0.3 is 10.3 Å². The molecule has 1 atom stereocenters. The molecule has 0 aliphatic rings. The van der Waals surface area contributed by atoms with Gasteiger partial charge in [-0.05, 0) is 30.7 Å². The van der Waals surface area contributed by atoms with E-state index in [0.717, 1.165) is 11.1 Å². The van der Waals surface area contributed by atoms with Crippen LogP contribution >= 0.6 is 46.3 Å². The minimum absolute atomic E-state index is 0.225. The number of carbonyl (C=O) groups is 1. The Hall–Kier alpha value is -2.32. The lowest BCUT2D eigenvalue weighted by molar-refractivity contribution is -0.115. The largest absolute Gasteiger partial charge is 0.325 e. The molecule has 0 saturated carbocycles. The second kappa shape index (κ2) is 8.81. The van der Waals surface area contributed by atoms with Crippen LogP contribution < -0.4 is 10.9 Å². The second-order valence-electron chi connectivity index (χ2n) is 6.47. The molecule has 2 N–H and O–H groups in total. The first-order chi connectivity index (χ1) is 14.4. The van der Waals surface area contributed by atoms with Crippen LogP contribution in [0.2, 0.25) is 10.0 Å². The molecule has 0 aliphatic heterocycles. The molecule has 0 spiro atoms. The number of nitrogens with zero attached hydrogens (tertiary/aromatic N) is 1. The summed E-state index contributed by atoms with van der Waals surface area (Å²) in [4.78, 5) is 33.3. The SMILES string of the molecule is C[C@H](Sc1nc2scc(-c3ccccc3)c2c(=O)[nH]1)C(=O)Nc1cc(Cl)cc(Cl)c1. The fourth-order valence-corrected chi connectivity index (χ4v) is 5.23. The smallest absolute Gasteiger partial charge is 0.260 e.